The number of carbonyl (C=O) groups is 1. The van der Waals surface area contributed by atoms with E-state index in [9.17, 15) is 4.79 Å². The number of rotatable bonds is 2. The van der Waals surface area contributed by atoms with Crippen LogP contribution in [0.25, 0.3) is 4.85 Å². The summed E-state index contributed by atoms with van der Waals surface area (Å²) in [5, 5.41) is 0. The zero-order chi connectivity index (χ0) is 10.9. The molecule has 0 unspecified atom stereocenters. The second kappa shape index (κ2) is 3.39. The zero-order valence-corrected chi connectivity index (χ0v) is 8.49. The van der Waals surface area contributed by atoms with E-state index in [0.29, 0.717) is 5.56 Å². The average Bonchev–Trinajstić information content (AvgIpc) is 3.09. The summed E-state index contributed by atoms with van der Waals surface area (Å²) < 4.78 is 4.60. The van der Waals surface area contributed by atoms with E-state index < -0.39 is 0 Å². The largest absolute Gasteiger partial charge is 0.465 e. The highest BCUT2D eigenvalue weighted by atomic mass is 16.5. The fourth-order valence-corrected chi connectivity index (χ4v) is 1.62. The lowest BCUT2D eigenvalue weighted by atomic mass is 10.0. The summed E-state index contributed by atoms with van der Waals surface area (Å²) in [6, 6.07) is 7.12. The van der Waals surface area contributed by atoms with E-state index in [0.717, 1.165) is 18.4 Å². The van der Waals surface area contributed by atoms with Crippen LogP contribution >= 0.6 is 0 Å². The van der Waals surface area contributed by atoms with Crippen molar-refractivity contribution < 1.29 is 9.53 Å². The highest BCUT2D eigenvalue weighted by Crippen LogP contribution is 2.49. The minimum absolute atomic E-state index is 0.297. The Morgan fingerprint density at radius 3 is 2.40 bits per heavy atom. The summed E-state index contributed by atoms with van der Waals surface area (Å²) >= 11 is 0. The van der Waals surface area contributed by atoms with Crippen molar-refractivity contribution >= 4 is 5.97 Å². The van der Waals surface area contributed by atoms with Crippen LogP contribution in [0.15, 0.2) is 24.3 Å². The Hall–Kier alpha value is -1.82. The summed E-state index contributed by atoms with van der Waals surface area (Å²) in [5.74, 6) is -0.339. The Morgan fingerprint density at radius 1 is 1.40 bits per heavy atom. The van der Waals surface area contributed by atoms with Gasteiger partial charge in [-0.15, -0.1) is 0 Å². The van der Waals surface area contributed by atoms with Crippen molar-refractivity contribution in [2.24, 2.45) is 0 Å². The van der Waals surface area contributed by atoms with Gasteiger partial charge in [-0.3, -0.25) is 0 Å². The van der Waals surface area contributed by atoms with Crippen LogP contribution in [0.1, 0.15) is 28.8 Å². The van der Waals surface area contributed by atoms with Gasteiger partial charge in [0.25, 0.3) is 5.54 Å². The molecule has 0 amide bonds. The predicted molar refractivity (Wildman–Crippen MR) is 55.3 cm³/mol. The highest BCUT2D eigenvalue weighted by Gasteiger charge is 2.52. The molecule has 0 atom stereocenters. The summed E-state index contributed by atoms with van der Waals surface area (Å²) in [4.78, 5) is 14.8. The molecule has 0 saturated heterocycles. The molecule has 1 fully saturated rings. The van der Waals surface area contributed by atoms with Gasteiger partial charge in [0.2, 0.25) is 0 Å². The second-order valence-corrected chi connectivity index (χ2v) is 3.71. The Labute approximate surface area is 88.5 Å². The monoisotopic (exact) mass is 201 g/mol. The minimum Gasteiger partial charge on any atom is -0.465 e. The zero-order valence-electron chi connectivity index (χ0n) is 8.49. The maximum Gasteiger partial charge on any atom is 0.337 e. The highest BCUT2D eigenvalue weighted by molar-refractivity contribution is 5.89. The molecule has 0 spiro atoms. The van der Waals surface area contributed by atoms with Crippen LogP contribution in [0.5, 0.6) is 0 Å². The third-order valence-corrected chi connectivity index (χ3v) is 2.78. The number of benzene rings is 1. The molecule has 1 saturated carbocycles. The lowest BCUT2D eigenvalue weighted by Crippen LogP contribution is -2.03. The molecule has 2 rings (SSSR count). The Balaban J connectivity index is 2.26. The van der Waals surface area contributed by atoms with Crippen LogP contribution < -0.4 is 0 Å². The number of carbonyl (C=O) groups excluding carboxylic acids is 1. The molecule has 3 nitrogen and oxygen atoms in total. The van der Waals surface area contributed by atoms with Crippen molar-refractivity contribution in [1.29, 1.82) is 0 Å². The van der Waals surface area contributed by atoms with Crippen LogP contribution in [-0.4, -0.2) is 13.1 Å². The predicted octanol–water partition coefficient (Wildman–Crippen LogP) is 2.38. The Morgan fingerprint density at radius 2 is 2.00 bits per heavy atom. The summed E-state index contributed by atoms with van der Waals surface area (Å²) in [5.41, 5.74) is 1.24. The first-order valence-corrected chi connectivity index (χ1v) is 4.79. The molecule has 76 valence electrons. The van der Waals surface area contributed by atoms with Crippen molar-refractivity contribution in [2.45, 2.75) is 18.4 Å². The number of hydrogen-bond acceptors (Lipinski definition) is 2. The molecule has 1 aliphatic rings. The first-order chi connectivity index (χ1) is 7.22. The average molecular weight is 201 g/mol. The molecule has 15 heavy (non-hydrogen) atoms. The van der Waals surface area contributed by atoms with Crippen LogP contribution in [0, 0.1) is 6.57 Å². The van der Waals surface area contributed by atoms with Crippen molar-refractivity contribution in [2.75, 3.05) is 7.11 Å². The first kappa shape index (κ1) is 9.72. The van der Waals surface area contributed by atoms with Gasteiger partial charge in [-0.1, -0.05) is 12.1 Å². The smallest absolute Gasteiger partial charge is 0.337 e. The van der Waals surface area contributed by atoms with Gasteiger partial charge in [-0.05, 0) is 12.1 Å². The summed E-state index contributed by atoms with van der Waals surface area (Å²) in [7, 11) is 1.36. The number of hydrogen-bond donors (Lipinski definition) is 0. The van der Waals surface area contributed by atoms with Crippen LogP contribution in [-0.2, 0) is 10.3 Å². The third-order valence-electron chi connectivity index (χ3n) is 2.78. The number of nitrogens with zero attached hydrogens (tertiary/aromatic N) is 1. The lowest BCUT2D eigenvalue weighted by molar-refractivity contribution is 0.0600. The van der Waals surface area contributed by atoms with Crippen LogP contribution in [0.2, 0.25) is 0 Å². The molecule has 0 aromatic heterocycles. The van der Waals surface area contributed by atoms with Gasteiger partial charge in [0.15, 0.2) is 0 Å². The van der Waals surface area contributed by atoms with Crippen LogP contribution in [0.3, 0.4) is 0 Å². The van der Waals surface area contributed by atoms with E-state index in [4.69, 9.17) is 6.57 Å². The molecule has 0 radical (unpaired) electrons. The molecule has 0 N–H and O–H groups in total. The van der Waals surface area contributed by atoms with E-state index >= 15 is 0 Å². The maximum atomic E-state index is 11.2. The first-order valence-electron chi connectivity index (χ1n) is 4.79. The Kier molecular flexibility index (Phi) is 2.20. The molecular formula is C12H11NO2. The topological polar surface area (TPSA) is 30.7 Å². The van der Waals surface area contributed by atoms with Crippen molar-refractivity contribution in [3.63, 3.8) is 0 Å². The van der Waals surface area contributed by atoms with E-state index in [1.165, 1.54) is 7.11 Å². The fourth-order valence-electron chi connectivity index (χ4n) is 1.62. The number of ether oxygens (including phenoxy) is 1. The maximum absolute atomic E-state index is 11.2. The third kappa shape index (κ3) is 1.59. The molecule has 0 bridgehead atoms. The van der Waals surface area contributed by atoms with Gasteiger partial charge >= 0.3 is 5.97 Å². The molecule has 1 aromatic rings. The normalized spacial score (nSPS) is 16.5. The van der Waals surface area contributed by atoms with E-state index in [2.05, 4.69) is 9.58 Å². The van der Waals surface area contributed by atoms with Gasteiger partial charge in [0.05, 0.1) is 12.7 Å². The standard InChI is InChI=1S/C12H11NO2/c1-13-12(7-8-12)10-5-3-9(4-6-10)11(14)15-2/h3-6H,7-8H2,2H3. The lowest BCUT2D eigenvalue weighted by Gasteiger charge is -2.03. The summed E-state index contributed by atoms with van der Waals surface area (Å²) in [6.07, 6.45) is 1.85. The fraction of sp³-hybridized carbons (Fsp3) is 0.333. The quantitative estimate of drug-likeness (QED) is 0.543. The van der Waals surface area contributed by atoms with Gasteiger partial charge in [0.1, 0.15) is 0 Å². The molecule has 3 heteroatoms. The van der Waals surface area contributed by atoms with E-state index in [1.807, 2.05) is 12.1 Å². The van der Waals surface area contributed by atoms with Gasteiger partial charge in [-0.2, -0.15) is 0 Å². The second-order valence-electron chi connectivity index (χ2n) is 3.71. The van der Waals surface area contributed by atoms with Crippen molar-refractivity contribution in [1.82, 2.24) is 0 Å². The van der Waals surface area contributed by atoms with Crippen molar-refractivity contribution in [3.05, 3.63) is 46.8 Å². The van der Waals surface area contributed by atoms with E-state index in [1.54, 1.807) is 12.1 Å². The number of esters is 1. The van der Waals surface area contributed by atoms with Crippen LogP contribution in [0.4, 0.5) is 0 Å². The molecule has 0 aliphatic heterocycles. The minimum atomic E-state index is -0.339. The molecule has 1 aliphatic carbocycles. The molecule has 0 heterocycles. The van der Waals surface area contributed by atoms with E-state index in [-0.39, 0.29) is 11.5 Å². The van der Waals surface area contributed by atoms with Gasteiger partial charge in [-0.25, -0.2) is 11.4 Å². The van der Waals surface area contributed by atoms with Crippen molar-refractivity contribution in [3.8, 4) is 0 Å². The molecular weight excluding hydrogens is 190 g/mol. The van der Waals surface area contributed by atoms with Gasteiger partial charge < -0.3 is 9.58 Å². The number of methoxy groups -OCH3 is 1. The van der Waals surface area contributed by atoms with Gasteiger partial charge in [0, 0.05) is 18.4 Å². The summed E-state index contributed by atoms with van der Waals surface area (Å²) in [6.45, 7) is 7.11. The Bertz CT molecular complexity index is 424. The SMILES string of the molecule is [C-]#[N+]C1(c2ccc(C(=O)OC)cc2)CC1. The molecule has 1 aromatic carbocycles.